The van der Waals surface area contributed by atoms with Crippen LogP contribution in [0, 0.1) is 12.3 Å². The van der Waals surface area contributed by atoms with Crippen molar-refractivity contribution in [2.75, 3.05) is 19.7 Å². The van der Waals surface area contributed by atoms with Gasteiger partial charge in [-0.1, -0.05) is 0 Å². The largest absolute Gasteiger partial charge is 0.371 e. The van der Waals surface area contributed by atoms with Crippen LogP contribution < -0.4 is 0 Å². The highest BCUT2D eigenvalue weighted by molar-refractivity contribution is 5.77. The van der Waals surface area contributed by atoms with Crippen molar-refractivity contribution < 1.29 is 9.53 Å². The molecule has 0 saturated carbocycles. The molecule has 0 aromatic heterocycles. The zero-order chi connectivity index (χ0) is 13.3. The molecule has 5 nitrogen and oxygen atoms in total. The lowest BCUT2D eigenvalue weighted by atomic mass is 9.90. The normalized spacial score (nSPS) is 25.1. The summed E-state index contributed by atoms with van der Waals surface area (Å²) in [5, 5.41) is 8.10. The molecule has 0 aromatic rings. The molecule has 3 aliphatic heterocycles. The van der Waals surface area contributed by atoms with Gasteiger partial charge in [0.1, 0.15) is 5.60 Å². The maximum absolute atomic E-state index is 12.1. The van der Waals surface area contributed by atoms with Crippen molar-refractivity contribution in [1.82, 2.24) is 4.90 Å². The second-order valence-corrected chi connectivity index (χ2v) is 5.77. The molecule has 0 atom stereocenters. The van der Waals surface area contributed by atoms with Gasteiger partial charge in [-0.25, -0.2) is 0 Å². The van der Waals surface area contributed by atoms with Crippen molar-refractivity contribution in [1.29, 1.82) is 0 Å². The van der Waals surface area contributed by atoms with Crippen LogP contribution in [0.4, 0.5) is 0 Å². The molecule has 0 aromatic carbocycles. The number of ether oxygens (including phenoxy) is 1. The van der Waals surface area contributed by atoms with Gasteiger partial charge in [0.15, 0.2) is 5.66 Å². The molecule has 2 saturated heterocycles. The van der Waals surface area contributed by atoms with E-state index in [0.717, 1.165) is 39.0 Å². The highest BCUT2D eigenvalue weighted by atomic mass is 16.5. The predicted octanol–water partition coefficient (Wildman–Crippen LogP) is 1.73. The number of nitrogens with zero attached hydrogens (tertiary/aromatic N) is 3. The van der Waals surface area contributed by atoms with Gasteiger partial charge in [-0.2, -0.15) is 10.2 Å². The maximum atomic E-state index is 12.1. The number of amides is 1. The first-order valence-electron chi connectivity index (χ1n) is 6.96. The van der Waals surface area contributed by atoms with E-state index in [4.69, 9.17) is 11.2 Å². The number of terminal acetylenes is 1. The minimum atomic E-state index is -0.339. The molecular formula is C14H19N3O2. The molecular weight excluding hydrogens is 242 g/mol. The van der Waals surface area contributed by atoms with E-state index in [-0.39, 0.29) is 17.2 Å². The first-order valence-corrected chi connectivity index (χ1v) is 6.96. The van der Waals surface area contributed by atoms with Gasteiger partial charge in [0.25, 0.3) is 0 Å². The molecule has 5 heteroatoms. The first kappa shape index (κ1) is 12.6. The summed E-state index contributed by atoms with van der Waals surface area (Å²) in [6.45, 7) is 2.37. The number of rotatable bonds is 5. The van der Waals surface area contributed by atoms with Crippen LogP contribution in [0.3, 0.4) is 0 Å². The highest BCUT2D eigenvalue weighted by Crippen LogP contribution is 2.39. The number of hydrogen-bond donors (Lipinski definition) is 0. The fraction of sp³-hybridized carbons (Fsp3) is 0.786. The molecule has 0 radical (unpaired) electrons. The Morgan fingerprint density at radius 3 is 2.74 bits per heavy atom. The van der Waals surface area contributed by atoms with Crippen molar-refractivity contribution in [3.05, 3.63) is 0 Å². The quantitative estimate of drug-likeness (QED) is 0.708. The Hall–Kier alpha value is -1.41. The topological polar surface area (TPSA) is 54.3 Å². The Kier molecular flexibility index (Phi) is 3.06. The van der Waals surface area contributed by atoms with Gasteiger partial charge in [0.05, 0.1) is 13.1 Å². The van der Waals surface area contributed by atoms with Gasteiger partial charge >= 0.3 is 0 Å². The van der Waals surface area contributed by atoms with Crippen molar-refractivity contribution in [3.63, 3.8) is 0 Å². The van der Waals surface area contributed by atoms with Gasteiger partial charge in [0.2, 0.25) is 5.91 Å². The molecule has 1 amide bonds. The third-order valence-corrected chi connectivity index (χ3v) is 4.29. The minimum absolute atomic E-state index is 0.00878. The summed E-state index contributed by atoms with van der Waals surface area (Å²) >= 11 is 0. The van der Waals surface area contributed by atoms with E-state index in [2.05, 4.69) is 16.1 Å². The Balaban J connectivity index is 1.40. The van der Waals surface area contributed by atoms with E-state index < -0.39 is 0 Å². The number of likely N-dealkylation sites (tertiary alicyclic amines) is 1. The first-order chi connectivity index (χ1) is 9.17. The van der Waals surface area contributed by atoms with E-state index in [1.54, 1.807) is 0 Å². The van der Waals surface area contributed by atoms with E-state index in [9.17, 15) is 4.79 Å². The van der Waals surface area contributed by atoms with Crippen LogP contribution in [0.5, 0.6) is 0 Å². The molecule has 0 N–H and O–H groups in total. The monoisotopic (exact) mass is 261 g/mol. The zero-order valence-electron chi connectivity index (χ0n) is 11.1. The lowest BCUT2D eigenvalue weighted by Gasteiger charge is -2.47. The lowest BCUT2D eigenvalue weighted by molar-refractivity contribution is -0.158. The summed E-state index contributed by atoms with van der Waals surface area (Å²) in [5.74, 6) is 2.79. The van der Waals surface area contributed by atoms with E-state index in [1.807, 2.05) is 4.90 Å². The summed E-state index contributed by atoms with van der Waals surface area (Å²) < 4.78 is 5.71. The van der Waals surface area contributed by atoms with Crippen LogP contribution in [0.2, 0.25) is 0 Å². The third-order valence-electron chi connectivity index (χ3n) is 4.29. The summed E-state index contributed by atoms with van der Waals surface area (Å²) in [6, 6.07) is 0. The average Bonchev–Trinajstić information content (AvgIpc) is 2.96. The van der Waals surface area contributed by atoms with Crippen molar-refractivity contribution >= 4 is 5.91 Å². The Morgan fingerprint density at radius 1 is 1.37 bits per heavy atom. The SMILES string of the molecule is C#CCCC1(CCC(=O)N2CC3(CCCO3)C2)N=N1. The second kappa shape index (κ2) is 4.61. The fourth-order valence-corrected chi connectivity index (χ4v) is 2.96. The van der Waals surface area contributed by atoms with Crippen molar-refractivity contribution in [2.24, 2.45) is 10.2 Å². The summed E-state index contributed by atoms with van der Waals surface area (Å²) in [6.07, 6.45) is 10.1. The van der Waals surface area contributed by atoms with Crippen molar-refractivity contribution in [3.8, 4) is 12.3 Å². The summed E-state index contributed by atoms with van der Waals surface area (Å²) in [4.78, 5) is 14.0. The molecule has 2 fully saturated rings. The number of hydrogen-bond acceptors (Lipinski definition) is 4. The van der Waals surface area contributed by atoms with Gasteiger partial charge in [-0.05, 0) is 12.8 Å². The summed E-state index contributed by atoms with van der Waals surface area (Å²) in [7, 11) is 0. The van der Waals surface area contributed by atoms with Gasteiger partial charge in [-0.15, -0.1) is 12.3 Å². The predicted molar refractivity (Wildman–Crippen MR) is 69.4 cm³/mol. The van der Waals surface area contributed by atoms with E-state index in [1.165, 1.54) is 0 Å². The van der Waals surface area contributed by atoms with Crippen molar-refractivity contribution in [2.45, 2.75) is 49.8 Å². The Morgan fingerprint density at radius 2 is 2.16 bits per heavy atom. The molecule has 1 spiro atoms. The second-order valence-electron chi connectivity index (χ2n) is 5.77. The molecule has 3 rings (SSSR count). The zero-order valence-corrected chi connectivity index (χ0v) is 11.1. The molecule has 102 valence electrons. The smallest absolute Gasteiger partial charge is 0.222 e. The molecule has 3 heterocycles. The van der Waals surface area contributed by atoms with Gasteiger partial charge in [-0.3, -0.25) is 4.79 Å². The molecule has 0 aliphatic carbocycles. The summed E-state index contributed by atoms with van der Waals surface area (Å²) in [5.41, 5.74) is -0.348. The minimum Gasteiger partial charge on any atom is -0.371 e. The van der Waals surface area contributed by atoms with Crippen LogP contribution >= 0.6 is 0 Å². The maximum Gasteiger partial charge on any atom is 0.222 e. The van der Waals surface area contributed by atoms with Crippen LogP contribution in [0.15, 0.2) is 10.2 Å². The lowest BCUT2D eigenvalue weighted by Crippen LogP contribution is -2.63. The van der Waals surface area contributed by atoms with Crippen LogP contribution in [-0.4, -0.2) is 41.8 Å². The van der Waals surface area contributed by atoms with Crippen LogP contribution in [0.1, 0.15) is 38.5 Å². The number of carbonyl (C=O) groups excluding carboxylic acids is 1. The molecule has 0 bridgehead atoms. The highest BCUT2D eigenvalue weighted by Gasteiger charge is 2.48. The van der Waals surface area contributed by atoms with E-state index >= 15 is 0 Å². The molecule has 19 heavy (non-hydrogen) atoms. The Bertz CT molecular complexity index is 432. The third kappa shape index (κ3) is 2.50. The van der Waals surface area contributed by atoms with E-state index in [0.29, 0.717) is 19.3 Å². The standard InChI is InChI=1S/C14H19N3O2/c1-2-3-7-14(15-16-14)8-5-12(18)17-10-13(11-17)6-4-9-19-13/h1H,3-11H2. The van der Waals surface area contributed by atoms with Crippen LogP contribution in [0.25, 0.3) is 0 Å². The van der Waals surface area contributed by atoms with Gasteiger partial charge in [0, 0.05) is 32.3 Å². The number of carbonyl (C=O) groups is 1. The Labute approximate surface area is 113 Å². The molecule has 0 unspecified atom stereocenters. The average molecular weight is 261 g/mol. The fourth-order valence-electron chi connectivity index (χ4n) is 2.96. The molecule has 3 aliphatic rings. The van der Waals surface area contributed by atoms with Gasteiger partial charge < -0.3 is 9.64 Å². The van der Waals surface area contributed by atoms with Crippen LogP contribution in [-0.2, 0) is 9.53 Å².